The number of nitrogens with one attached hydrogen (secondary N) is 1. The van der Waals surface area contributed by atoms with Gasteiger partial charge in [0.2, 0.25) is 11.8 Å². The van der Waals surface area contributed by atoms with E-state index in [0.717, 1.165) is 6.42 Å². The molecule has 0 saturated carbocycles. The van der Waals surface area contributed by atoms with E-state index in [1.54, 1.807) is 0 Å². The summed E-state index contributed by atoms with van der Waals surface area (Å²) in [5.41, 5.74) is 0. The minimum absolute atomic E-state index is 0.242. The Kier molecular flexibility index (Phi) is 5.14. The van der Waals surface area contributed by atoms with Crippen LogP contribution in [-0.2, 0) is 4.79 Å². The fourth-order valence-corrected chi connectivity index (χ4v) is 1.62. The highest BCUT2D eigenvalue weighted by atomic mass is 79.9. The largest absolute Gasteiger partial charge is 0.480 e. The summed E-state index contributed by atoms with van der Waals surface area (Å²) in [5.74, 6) is -0.314. The number of carboxylic acids is 1. The maximum absolute atomic E-state index is 11.0. The third-order valence-electron chi connectivity index (χ3n) is 2.08. The number of methoxy groups -OCH3 is 1. The van der Waals surface area contributed by atoms with Gasteiger partial charge >= 0.3 is 5.97 Å². The molecule has 1 atom stereocenters. The molecule has 1 rings (SSSR count). The number of halogens is 1. The summed E-state index contributed by atoms with van der Waals surface area (Å²) in [7, 11) is 1.48. The van der Waals surface area contributed by atoms with Gasteiger partial charge in [0.1, 0.15) is 6.04 Å². The fourth-order valence-electron chi connectivity index (χ4n) is 1.27. The van der Waals surface area contributed by atoms with Crippen LogP contribution in [-0.4, -0.2) is 34.2 Å². The second-order valence-corrected chi connectivity index (χ2v) is 4.23. The lowest BCUT2D eigenvalue weighted by Crippen LogP contribution is -2.29. The van der Waals surface area contributed by atoms with Gasteiger partial charge in [-0.25, -0.2) is 9.78 Å². The average molecular weight is 304 g/mol. The molecule has 6 nitrogen and oxygen atoms in total. The highest BCUT2D eigenvalue weighted by molar-refractivity contribution is 9.10. The van der Waals surface area contributed by atoms with E-state index in [4.69, 9.17) is 9.84 Å². The molecule has 1 heterocycles. The van der Waals surface area contributed by atoms with Crippen LogP contribution in [0.4, 0.5) is 5.95 Å². The fraction of sp³-hybridized carbons (Fsp3) is 0.500. The minimum atomic E-state index is -0.919. The SMILES string of the molecule is CCCC(Nc1ncc(Br)c(OC)n1)C(=O)O. The van der Waals surface area contributed by atoms with Crippen molar-refractivity contribution in [2.75, 3.05) is 12.4 Å². The van der Waals surface area contributed by atoms with Gasteiger partial charge < -0.3 is 15.2 Å². The molecule has 1 unspecified atom stereocenters. The molecule has 2 N–H and O–H groups in total. The van der Waals surface area contributed by atoms with Crippen LogP contribution < -0.4 is 10.1 Å². The van der Waals surface area contributed by atoms with Gasteiger partial charge in [-0.05, 0) is 22.4 Å². The molecule has 0 bridgehead atoms. The first kappa shape index (κ1) is 13.7. The Hall–Kier alpha value is -1.37. The van der Waals surface area contributed by atoms with Crippen molar-refractivity contribution in [1.82, 2.24) is 9.97 Å². The van der Waals surface area contributed by atoms with E-state index in [0.29, 0.717) is 16.8 Å². The van der Waals surface area contributed by atoms with Gasteiger partial charge in [-0.2, -0.15) is 4.98 Å². The van der Waals surface area contributed by atoms with E-state index >= 15 is 0 Å². The molecule has 0 aliphatic carbocycles. The molecule has 0 fully saturated rings. The number of nitrogens with zero attached hydrogens (tertiary/aromatic N) is 2. The third kappa shape index (κ3) is 3.85. The lowest BCUT2D eigenvalue weighted by atomic mass is 10.2. The number of carboxylic acid groups (broad SMARTS) is 1. The monoisotopic (exact) mass is 303 g/mol. The zero-order valence-electron chi connectivity index (χ0n) is 9.61. The van der Waals surface area contributed by atoms with Crippen LogP contribution >= 0.6 is 15.9 Å². The quantitative estimate of drug-likeness (QED) is 0.835. The van der Waals surface area contributed by atoms with Crippen molar-refractivity contribution in [3.8, 4) is 5.88 Å². The molecule has 0 radical (unpaired) electrons. The summed E-state index contributed by atoms with van der Waals surface area (Å²) < 4.78 is 5.62. The van der Waals surface area contributed by atoms with Gasteiger partial charge in [0.15, 0.2) is 0 Å². The van der Waals surface area contributed by atoms with Gasteiger partial charge in [0, 0.05) is 0 Å². The molecule has 0 aliphatic rings. The van der Waals surface area contributed by atoms with E-state index in [-0.39, 0.29) is 5.95 Å². The smallest absolute Gasteiger partial charge is 0.326 e. The number of rotatable bonds is 6. The number of aliphatic carboxylic acids is 1. The molecule has 1 aromatic rings. The van der Waals surface area contributed by atoms with E-state index in [1.807, 2.05) is 6.92 Å². The lowest BCUT2D eigenvalue weighted by Gasteiger charge is -2.13. The highest BCUT2D eigenvalue weighted by Gasteiger charge is 2.17. The topological polar surface area (TPSA) is 84.3 Å². The molecule has 0 amide bonds. The molecule has 7 heteroatoms. The van der Waals surface area contributed by atoms with E-state index < -0.39 is 12.0 Å². The zero-order chi connectivity index (χ0) is 12.8. The number of aromatic nitrogens is 2. The average Bonchev–Trinajstić information content (AvgIpc) is 2.30. The number of anilines is 1. The molecular weight excluding hydrogens is 290 g/mol. The number of hydrogen-bond donors (Lipinski definition) is 2. The van der Waals surface area contributed by atoms with Crippen molar-refractivity contribution in [1.29, 1.82) is 0 Å². The van der Waals surface area contributed by atoms with Crippen LogP contribution in [0.5, 0.6) is 5.88 Å². The Balaban J connectivity index is 2.82. The zero-order valence-corrected chi connectivity index (χ0v) is 11.2. The first-order valence-electron chi connectivity index (χ1n) is 5.14. The summed E-state index contributed by atoms with van der Waals surface area (Å²) >= 11 is 3.22. The van der Waals surface area contributed by atoms with E-state index in [1.165, 1.54) is 13.3 Å². The first-order valence-corrected chi connectivity index (χ1v) is 5.93. The number of ether oxygens (including phenoxy) is 1. The highest BCUT2D eigenvalue weighted by Crippen LogP contribution is 2.22. The van der Waals surface area contributed by atoms with E-state index in [9.17, 15) is 4.79 Å². The number of hydrogen-bond acceptors (Lipinski definition) is 5. The van der Waals surface area contributed by atoms with Gasteiger partial charge in [0.25, 0.3) is 0 Å². The van der Waals surface area contributed by atoms with Crippen LogP contribution in [0.1, 0.15) is 19.8 Å². The standard InChI is InChI=1S/C10H14BrN3O3/c1-3-4-7(9(15)16)13-10-12-5-6(11)8(14-10)17-2/h5,7H,3-4H2,1-2H3,(H,15,16)(H,12,13,14). The second-order valence-electron chi connectivity index (χ2n) is 3.37. The first-order chi connectivity index (χ1) is 8.08. The van der Waals surface area contributed by atoms with Crippen molar-refractivity contribution in [2.45, 2.75) is 25.8 Å². The number of carbonyl (C=O) groups is 1. The summed E-state index contributed by atoms with van der Waals surface area (Å²) in [6.45, 7) is 1.92. The Labute approximate surface area is 108 Å². The van der Waals surface area contributed by atoms with Crippen molar-refractivity contribution < 1.29 is 14.6 Å². The minimum Gasteiger partial charge on any atom is -0.480 e. The van der Waals surface area contributed by atoms with Crippen molar-refractivity contribution >= 4 is 27.8 Å². The summed E-state index contributed by atoms with van der Waals surface area (Å²) in [6.07, 6.45) is 2.79. The molecular formula is C10H14BrN3O3. The summed E-state index contributed by atoms with van der Waals surface area (Å²) in [5, 5.41) is 11.7. The Morgan fingerprint density at radius 2 is 2.41 bits per heavy atom. The molecule has 0 aliphatic heterocycles. The Morgan fingerprint density at radius 3 is 2.94 bits per heavy atom. The molecule has 0 saturated heterocycles. The second kappa shape index (κ2) is 6.39. The maximum Gasteiger partial charge on any atom is 0.326 e. The van der Waals surface area contributed by atoms with Crippen molar-refractivity contribution in [3.63, 3.8) is 0 Å². The lowest BCUT2D eigenvalue weighted by molar-refractivity contribution is -0.138. The maximum atomic E-state index is 11.0. The van der Waals surface area contributed by atoms with Crippen LogP contribution in [0.2, 0.25) is 0 Å². The predicted molar refractivity (Wildman–Crippen MR) is 66.2 cm³/mol. The van der Waals surface area contributed by atoms with Crippen LogP contribution in [0, 0.1) is 0 Å². The van der Waals surface area contributed by atoms with Crippen LogP contribution in [0.15, 0.2) is 10.7 Å². The molecule has 1 aromatic heterocycles. The third-order valence-corrected chi connectivity index (χ3v) is 2.63. The van der Waals surface area contributed by atoms with Crippen LogP contribution in [0.25, 0.3) is 0 Å². The van der Waals surface area contributed by atoms with E-state index in [2.05, 4.69) is 31.2 Å². The van der Waals surface area contributed by atoms with Crippen molar-refractivity contribution in [3.05, 3.63) is 10.7 Å². The molecule has 94 valence electrons. The summed E-state index contributed by atoms with van der Waals surface area (Å²) in [4.78, 5) is 19.0. The predicted octanol–water partition coefficient (Wildman–Crippen LogP) is 1.91. The van der Waals surface area contributed by atoms with Gasteiger partial charge in [0.05, 0.1) is 17.8 Å². The summed E-state index contributed by atoms with van der Waals surface area (Å²) in [6, 6.07) is -0.689. The van der Waals surface area contributed by atoms with Gasteiger partial charge in [-0.3, -0.25) is 0 Å². The van der Waals surface area contributed by atoms with Gasteiger partial charge in [-0.1, -0.05) is 13.3 Å². The van der Waals surface area contributed by atoms with Gasteiger partial charge in [-0.15, -0.1) is 0 Å². The molecule has 0 aromatic carbocycles. The Morgan fingerprint density at radius 1 is 1.71 bits per heavy atom. The van der Waals surface area contributed by atoms with Crippen LogP contribution in [0.3, 0.4) is 0 Å². The molecule has 17 heavy (non-hydrogen) atoms. The normalized spacial score (nSPS) is 11.9. The Bertz CT molecular complexity index is 400. The van der Waals surface area contributed by atoms with Crippen molar-refractivity contribution in [2.24, 2.45) is 0 Å². The molecule has 0 spiro atoms.